The summed E-state index contributed by atoms with van der Waals surface area (Å²) in [5, 5.41) is 17.0. The molecule has 34 heavy (non-hydrogen) atoms. The summed E-state index contributed by atoms with van der Waals surface area (Å²) in [6.45, 7) is 8.32. The van der Waals surface area contributed by atoms with E-state index in [1.807, 2.05) is 45.3 Å². The number of hydrogen-bond donors (Lipinski definition) is 2. The van der Waals surface area contributed by atoms with Gasteiger partial charge in [0.05, 0.1) is 28.4 Å². The number of aliphatic hydroxyl groups is 1. The molecule has 1 aromatic carbocycles. The van der Waals surface area contributed by atoms with Gasteiger partial charge >= 0.3 is 0 Å². The minimum absolute atomic E-state index is 0.0507. The zero-order valence-corrected chi connectivity index (χ0v) is 20.6. The summed E-state index contributed by atoms with van der Waals surface area (Å²) in [6, 6.07) is 7.09. The Hall–Kier alpha value is -3.04. The van der Waals surface area contributed by atoms with Crippen LogP contribution in [0.1, 0.15) is 48.8 Å². The van der Waals surface area contributed by atoms with Gasteiger partial charge in [0.25, 0.3) is 0 Å². The number of likely N-dealkylation sites (tertiary alicyclic amines) is 1. The van der Waals surface area contributed by atoms with Crippen LogP contribution in [-0.4, -0.2) is 50.7 Å². The van der Waals surface area contributed by atoms with Crippen LogP contribution in [-0.2, 0) is 16.1 Å². The minimum atomic E-state index is -0.745. The van der Waals surface area contributed by atoms with Crippen LogP contribution in [0.5, 0.6) is 0 Å². The monoisotopic (exact) mass is 482 g/mol. The number of nitrogens with one attached hydrogen (secondary N) is 1. The second kappa shape index (κ2) is 10.1. The number of aryl methyl sites for hydroxylation is 2. The van der Waals surface area contributed by atoms with Crippen LogP contribution in [0.4, 0.5) is 0 Å². The van der Waals surface area contributed by atoms with E-state index in [4.69, 9.17) is 4.52 Å². The molecule has 180 valence electrons. The fourth-order valence-corrected chi connectivity index (χ4v) is 5.32. The summed E-state index contributed by atoms with van der Waals surface area (Å²) < 4.78 is 5.26. The molecule has 1 aliphatic heterocycles. The van der Waals surface area contributed by atoms with Gasteiger partial charge in [-0.05, 0) is 36.5 Å². The summed E-state index contributed by atoms with van der Waals surface area (Å²) in [5.74, 6) is -0.651. The van der Waals surface area contributed by atoms with Crippen LogP contribution < -0.4 is 5.32 Å². The summed E-state index contributed by atoms with van der Waals surface area (Å²) in [7, 11) is 0. The molecule has 2 amide bonds. The van der Waals surface area contributed by atoms with Crippen molar-refractivity contribution in [3.05, 3.63) is 58.6 Å². The summed E-state index contributed by atoms with van der Waals surface area (Å²) >= 11 is 1.61. The number of aliphatic hydroxyl groups excluding tert-OH is 1. The van der Waals surface area contributed by atoms with Crippen LogP contribution in [0, 0.1) is 19.8 Å². The Kier molecular flexibility index (Phi) is 7.13. The standard InChI is InChI=1S/C25H30N4O4S/c1-14(2)22(21-7-8-28-33-21)25(32)29-12-19(30)10-20(29)24(31)26-11-18-6-5-17(9-15(18)3)23-16(4)27-13-34-23/h5-9,13-14,19-20,22,30H,10-12H2,1-4H3,(H,26,31)/t19-,20+,22-/m1/s1. The van der Waals surface area contributed by atoms with E-state index in [1.54, 1.807) is 17.4 Å². The molecular formula is C25H30N4O4S. The maximum Gasteiger partial charge on any atom is 0.243 e. The molecule has 0 aliphatic carbocycles. The molecule has 1 fully saturated rings. The zero-order valence-electron chi connectivity index (χ0n) is 19.8. The van der Waals surface area contributed by atoms with Gasteiger partial charge < -0.3 is 19.8 Å². The molecule has 2 N–H and O–H groups in total. The highest BCUT2D eigenvalue weighted by Crippen LogP contribution is 2.31. The zero-order chi connectivity index (χ0) is 24.4. The molecule has 1 aliphatic rings. The van der Waals surface area contributed by atoms with Crippen molar-refractivity contribution in [3.8, 4) is 10.4 Å². The lowest BCUT2D eigenvalue weighted by Crippen LogP contribution is -2.48. The lowest BCUT2D eigenvalue weighted by molar-refractivity contribution is -0.141. The normalized spacial score (nSPS) is 18.9. The summed E-state index contributed by atoms with van der Waals surface area (Å²) in [4.78, 5) is 33.4. The third-order valence-corrected chi connectivity index (χ3v) is 7.34. The molecule has 3 atom stereocenters. The molecule has 4 rings (SSSR count). The second-order valence-electron chi connectivity index (χ2n) is 9.16. The predicted octanol–water partition coefficient (Wildman–Crippen LogP) is 3.43. The third-order valence-electron chi connectivity index (χ3n) is 6.37. The van der Waals surface area contributed by atoms with Gasteiger partial charge in [-0.1, -0.05) is 37.2 Å². The molecule has 2 aromatic heterocycles. The average Bonchev–Trinajstić information content (AvgIpc) is 3.54. The second-order valence-corrected chi connectivity index (χ2v) is 10.0. The molecule has 3 aromatic rings. The summed E-state index contributed by atoms with van der Waals surface area (Å²) in [6.07, 6.45) is 0.970. The van der Waals surface area contributed by atoms with Crippen molar-refractivity contribution in [2.45, 2.75) is 58.7 Å². The van der Waals surface area contributed by atoms with Crippen molar-refractivity contribution in [2.75, 3.05) is 6.54 Å². The largest absolute Gasteiger partial charge is 0.391 e. The molecule has 9 heteroatoms. The van der Waals surface area contributed by atoms with Crippen LogP contribution in [0.15, 0.2) is 40.5 Å². The number of carbonyl (C=O) groups is 2. The Bertz CT molecular complexity index is 1160. The van der Waals surface area contributed by atoms with Crippen molar-refractivity contribution in [1.29, 1.82) is 0 Å². The van der Waals surface area contributed by atoms with E-state index in [0.29, 0.717) is 12.3 Å². The number of aromatic nitrogens is 2. The van der Waals surface area contributed by atoms with E-state index < -0.39 is 18.1 Å². The van der Waals surface area contributed by atoms with Gasteiger partial charge in [0, 0.05) is 25.6 Å². The number of rotatable bonds is 7. The molecule has 0 bridgehead atoms. The molecule has 0 spiro atoms. The smallest absolute Gasteiger partial charge is 0.243 e. The van der Waals surface area contributed by atoms with Gasteiger partial charge in [-0.2, -0.15) is 0 Å². The maximum atomic E-state index is 13.4. The topological polar surface area (TPSA) is 109 Å². The number of β-amino-alcohol motifs (C(OH)–C–C–N with tert-alkyl or cyclic N) is 1. The molecule has 8 nitrogen and oxygen atoms in total. The van der Waals surface area contributed by atoms with E-state index in [1.165, 1.54) is 11.1 Å². The van der Waals surface area contributed by atoms with Gasteiger partial charge in [0.1, 0.15) is 17.7 Å². The lowest BCUT2D eigenvalue weighted by Gasteiger charge is -2.28. The third kappa shape index (κ3) is 4.90. The van der Waals surface area contributed by atoms with E-state index in [-0.39, 0.29) is 30.7 Å². The van der Waals surface area contributed by atoms with E-state index >= 15 is 0 Å². The van der Waals surface area contributed by atoms with Gasteiger partial charge in [0.15, 0.2) is 0 Å². The van der Waals surface area contributed by atoms with Crippen molar-refractivity contribution in [1.82, 2.24) is 20.4 Å². The number of hydrogen-bond acceptors (Lipinski definition) is 7. The molecule has 0 unspecified atom stereocenters. The van der Waals surface area contributed by atoms with Crippen molar-refractivity contribution in [3.63, 3.8) is 0 Å². The average molecular weight is 483 g/mol. The highest BCUT2D eigenvalue weighted by atomic mass is 32.1. The first kappa shape index (κ1) is 24.1. The number of carbonyl (C=O) groups excluding carboxylic acids is 2. The Morgan fingerprint density at radius 3 is 2.71 bits per heavy atom. The van der Waals surface area contributed by atoms with Crippen LogP contribution in [0.3, 0.4) is 0 Å². The molecule has 0 radical (unpaired) electrons. The number of thiazole rings is 1. The number of amides is 2. The fourth-order valence-electron chi connectivity index (χ4n) is 4.52. The van der Waals surface area contributed by atoms with Gasteiger partial charge in [-0.15, -0.1) is 11.3 Å². The number of benzene rings is 1. The highest BCUT2D eigenvalue weighted by Gasteiger charge is 2.43. The lowest BCUT2D eigenvalue weighted by atomic mass is 9.91. The SMILES string of the molecule is Cc1cc(-c2scnc2C)ccc1CNC(=O)[C@@H]1C[C@@H](O)CN1C(=O)[C@@H](c1ccno1)C(C)C. The summed E-state index contributed by atoms with van der Waals surface area (Å²) in [5.41, 5.74) is 6.01. The van der Waals surface area contributed by atoms with Crippen molar-refractivity contribution < 1.29 is 19.2 Å². The van der Waals surface area contributed by atoms with Crippen molar-refractivity contribution in [2.24, 2.45) is 5.92 Å². The van der Waals surface area contributed by atoms with E-state index in [9.17, 15) is 14.7 Å². The van der Waals surface area contributed by atoms with E-state index in [2.05, 4.69) is 21.5 Å². The van der Waals surface area contributed by atoms with Crippen LogP contribution in [0.25, 0.3) is 10.4 Å². The van der Waals surface area contributed by atoms with Gasteiger partial charge in [-0.3, -0.25) is 9.59 Å². The Balaban J connectivity index is 1.45. The maximum absolute atomic E-state index is 13.4. The fraction of sp³-hybridized carbons (Fsp3) is 0.440. The Morgan fingerprint density at radius 2 is 2.09 bits per heavy atom. The highest BCUT2D eigenvalue weighted by molar-refractivity contribution is 7.13. The first-order chi connectivity index (χ1) is 16.3. The van der Waals surface area contributed by atoms with Crippen LogP contribution >= 0.6 is 11.3 Å². The van der Waals surface area contributed by atoms with E-state index in [0.717, 1.165) is 27.3 Å². The van der Waals surface area contributed by atoms with Gasteiger partial charge in [-0.25, -0.2) is 4.98 Å². The quantitative estimate of drug-likeness (QED) is 0.534. The number of nitrogens with zero attached hydrogens (tertiary/aromatic N) is 3. The van der Waals surface area contributed by atoms with Crippen LogP contribution in [0.2, 0.25) is 0 Å². The first-order valence-corrected chi connectivity index (χ1v) is 12.3. The predicted molar refractivity (Wildman–Crippen MR) is 129 cm³/mol. The molecule has 0 saturated carbocycles. The van der Waals surface area contributed by atoms with Gasteiger partial charge in [0.2, 0.25) is 11.8 Å². The Labute approximate surface area is 203 Å². The molecule has 3 heterocycles. The molecular weight excluding hydrogens is 452 g/mol. The van der Waals surface area contributed by atoms with Crippen molar-refractivity contribution >= 4 is 23.2 Å². The first-order valence-electron chi connectivity index (χ1n) is 11.4. The Morgan fingerprint density at radius 1 is 1.29 bits per heavy atom. The minimum Gasteiger partial charge on any atom is -0.391 e. The molecule has 1 saturated heterocycles.